The van der Waals surface area contributed by atoms with Crippen molar-refractivity contribution in [1.29, 1.82) is 0 Å². The van der Waals surface area contributed by atoms with Crippen molar-refractivity contribution < 1.29 is 17.9 Å². The molecule has 0 spiro atoms. The molecule has 0 saturated carbocycles. The minimum atomic E-state index is -4.28. The van der Waals surface area contributed by atoms with Gasteiger partial charge in [0.05, 0.1) is 12.0 Å². The molecule has 0 unspecified atom stereocenters. The molecule has 0 bridgehead atoms. The second-order valence-electron chi connectivity index (χ2n) is 2.01. The average Bonchev–Trinajstić information content (AvgIpc) is 2.35. The van der Waals surface area contributed by atoms with Gasteiger partial charge in [0, 0.05) is 6.07 Å². The van der Waals surface area contributed by atoms with E-state index in [-0.39, 0.29) is 5.75 Å². The fourth-order valence-corrected chi connectivity index (χ4v) is 1.26. The number of rotatable bonds is 2. The van der Waals surface area contributed by atoms with E-state index in [2.05, 4.69) is 5.38 Å². The summed E-state index contributed by atoms with van der Waals surface area (Å²) in [6, 6.07) is 0.953. The molecule has 0 aliphatic carbocycles. The highest BCUT2D eigenvalue weighted by Gasteiger charge is 2.32. The molecule has 0 fully saturated rings. The Bertz CT molecular complexity index is 253. The second-order valence-corrected chi connectivity index (χ2v) is 2.86. The lowest BCUT2D eigenvalue weighted by Crippen LogP contribution is -2.00. The molecule has 0 atom stereocenters. The minimum Gasteiger partial charge on any atom is -0.492 e. The van der Waals surface area contributed by atoms with E-state index in [1.807, 2.05) is 0 Å². The molecule has 0 aliphatic heterocycles. The lowest BCUT2D eigenvalue weighted by atomic mass is 10.4. The molecule has 0 amide bonds. The van der Waals surface area contributed by atoms with Gasteiger partial charge < -0.3 is 4.74 Å². The zero-order chi connectivity index (χ0) is 9.19. The first-order valence-corrected chi connectivity index (χ1v) is 4.07. The predicted molar refractivity (Wildman–Crippen MR) is 39.3 cm³/mol. The van der Waals surface area contributed by atoms with Gasteiger partial charge in [-0.1, -0.05) is 0 Å². The third-order valence-corrected chi connectivity index (χ3v) is 1.98. The van der Waals surface area contributed by atoms with Gasteiger partial charge in [-0.25, -0.2) is 0 Å². The first-order valence-electron chi connectivity index (χ1n) is 3.25. The van der Waals surface area contributed by atoms with Crippen LogP contribution >= 0.6 is 11.3 Å². The Morgan fingerprint density at radius 1 is 1.58 bits per heavy atom. The molecule has 1 aromatic rings. The predicted octanol–water partition coefficient (Wildman–Crippen LogP) is 2.97. The molecule has 1 nitrogen and oxygen atoms in total. The van der Waals surface area contributed by atoms with Crippen molar-refractivity contribution in [3.63, 3.8) is 0 Å². The summed E-state index contributed by atoms with van der Waals surface area (Å²) in [7, 11) is 0. The van der Waals surface area contributed by atoms with Crippen molar-refractivity contribution in [1.82, 2.24) is 0 Å². The van der Waals surface area contributed by atoms with Crippen molar-refractivity contribution in [2.24, 2.45) is 0 Å². The van der Waals surface area contributed by atoms with Gasteiger partial charge in [0.1, 0.15) is 10.6 Å². The summed E-state index contributed by atoms with van der Waals surface area (Å²) in [5.74, 6) is 0.162. The Balaban J connectivity index is 2.77. The van der Waals surface area contributed by atoms with E-state index in [1.54, 1.807) is 6.92 Å². The van der Waals surface area contributed by atoms with Crippen LogP contribution in [0, 0.1) is 5.38 Å². The number of ether oxygens (including phenoxy) is 1. The van der Waals surface area contributed by atoms with Crippen molar-refractivity contribution in [3.05, 3.63) is 16.3 Å². The van der Waals surface area contributed by atoms with Gasteiger partial charge >= 0.3 is 6.18 Å². The lowest BCUT2D eigenvalue weighted by Gasteiger charge is -2.00. The van der Waals surface area contributed by atoms with Crippen LogP contribution in [0.25, 0.3) is 0 Å². The SMILES string of the molecule is CCOc1[c]sc(C(F)(F)F)c1. The molecule has 0 aliphatic rings. The third-order valence-electron chi connectivity index (χ3n) is 1.10. The van der Waals surface area contributed by atoms with Crippen LogP contribution in [0.2, 0.25) is 0 Å². The zero-order valence-electron chi connectivity index (χ0n) is 6.23. The molecule has 67 valence electrons. The fourth-order valence-electron chi connectivity index (χ4n) is 0.650. The van der Waals surface area contributed by atoms with Crippen LogP contribution in [0.3, 0.4) is 0 Å². The zero-order valence-corrected chi connectivity index (χ0v) is 7.05. The average molecular weight is 195 g/mol. The van der Waals surface area contributed by atoms with Crippen LogP contribution in [0.1, 0.15) is 11.8 Å². The second kappa shape index (κ2) is 3.35. The standard InChI is InChI=1S/C7H6F3OS/c1-2-11-5-3-6(12-4-5)7(8,9)10/h3H,2H2,1H3. The molecule has 1 radical (unpaired) electrons. The number of alkyl halides is 3. The monoisotopic (exact) mass is 195 g/mol. The highest BCUT2D eigenvalue weighted by atomic mass is 32.1. The maximum absolute atomic E-state index is 12.0. The van der Waals surface area contributed by atoms with Crippen molar-refractivity contribution in [3.8, 4) is 5.75 Å². The van der Waals surface area contributed by atoms with E-state index in [0.717, 1.165) is 6.07 Å². The number of hydrogen-bond donors (Lipinski definition) is 0. The Hall–Kier alpha value is -0.710. The molecule has 1 heterocycles. The van der Waals surface area contributed by atoms with Crippen LogP contribution in [0.4, 0.5) is 13.2 Å². The van der Waals surface area contributed by atoms with E-state index < -0.39 is 11.1 Å². The van der Waals surface area contributed by atoms with Gasteiger partial charge in [0.15, 0.2) is 0 Å². The first kappa shape index (κ1) is 9.38. The summed E-state index contributed by atoms with van der Waals surface area (Å²) in [6.07, 6.45) is -4.28. The largest absolute Gasteiger partial charge is 0.492 e. The smallest absolute Gasteiger partial charge is 0.425 e. The van der Waals surface area contributed by atoms with Crippen LogP contribution < -0.4 is 4.74 Å². The number of hydrogen-bond acceptors (Lipinski definition) is 2. The van der Waals surface area contributed by atoms with Gasteiger partial charge in [-0.05, 0) is 6.92 Å². The van der Waals surface area contributed by atoms with Gasteiger partial charge in [0.2, 0.25) is 0 Å². The van der Waals surface area contributed by atoms with Crippen molar-refractivity contribution in [2.75, 3.05) is 6.61 Å². The number of thiophene rings is 1. The van der Waals surface area contributed by atoms with Gasteiger partial charge in [0.25, 0.3) is 0 Å². The molecule has 0 saturated heterocycles. The van der Waals surface area contributed by atoms with Crippen LogP contribution in [-0.4, -0.2) is 6.61 Å². The Kier molecular flexibility index (Phi) is 2.62. The van der Waals surface area contributed by atoms with E-state index in [1.165, 1.54) is 0 Å². The van der Waals surface area contributed by atoms with E-state index in [0.29, 0.717) is 17.9 Å². The molecule has 5 heteroatoms. The molecular formula is C7H6F3OS. The number of halogens is 3. The molecule has 12 heavy (non-hydrogen) atoms. The topological polar surface area (TPSA) is 9.23 Å². The summed E-state index contributed by atoms with van der Waals surface area (Å²) in [5.41, 5.74) is 0. The quantitative estimate of drug-likeness (QED) is 0.704. The third kappa shape index (κ3) is 2.14. The molecular weight excluding hydrogens is 189 g/mol. The molecule has 1 aromatic heterocycles. The van der Waals surface area contributed by atoms with Crippen molar-refractivity contribution >= 4 is 11.3 Å². The maximum Gasteiger partial charge on any atom is 0.425 e. The van der Waals surface area contributed by atoms with E-state index >= 15 is 0 Å². The fraction of sp³-hybridized carbons (Fsp3) is 0.429. The van der Waals surface area contributed by atoms with Gasteiger partial charge in [-0.3, -0.25) is 0 Å². The molecule has 0 aromatic carbocycles. The first-order chi connectivity index (χ1) is 5.54. The summed E-state index contributed by atoms with van der Waals surface area (Å²) in [4.78, 5) is -0.675. The van der Waals surface area contributed by atoms with Crippen LogP contribution in [-0.2, 0) is 6.18 Å². The van der Waals surface area contributed by atoms with E-state index in [9.17, 15) is 13.2 Å². The molecule has 0 N–H and O–H groups in total. The highest BCUT2D eigenvalue weighted by molar-refractivity contribution is 7.09. The molecule has 1 rings (SSSR count). The lowest BCUT2D eigenvalue weighted by molar-refractivity contribution is -0.134. The Morgan fingerprint density at radius 2 is 2.25 bits per heavy atom. The minimum absolute atomic E-state index is 0.162. The van der Waals surface area contributed by atoms with Crippen LogP contribution in [0.5, 0.6) is 5.75 Å². The summed E-state index contributed by atoms with van der Waals surface area (Å²) in [5, 5.41) is 2.41. The summed E-state index contributed by atoms with van der Waals surface area (Å²) < 4.78 is 40.8. The highest BCUT2D eigenvalue weighted by Crippen LogP contribution is 2.35. The van der Waals surface area contributed by atoms with Crippen LogP contribution in [0.15, 0.2) is 6.07 Å². The Labute approximate surface area is 71.8 Å². The summed E-state index contributed by atoms with van der Waals surface area (Å²) >= 11 is 0.521. The normalized spacial score (nSPS) is 11.7. The van der Waals surface area contributed by atoms with Gasteiger partial charge in [-0.2, -0.15) is 13.2 Å². The Morgan fingerprint density at radius 3 is 2.67 bits per heavy atom. The summed E-state index contributed by atoms with van der Waals surface area (Å²) in [6.45, 7) is 2.06. The van der Waals surface area contributed by atoms with Crippen molar-refractivity contribution in [2.45, 2.75) is 13.1 Å². The maximum atomic E-state index is 12.0. The van der Waals surface area contributed by atoms with E-state index in [4.69, 9.17) is 4.74 Å². The van der Waals surface area contributed by atoms with Gasteiger partial charge in [-0.15, -0.1) is 11.3 Å².